The van der Waals surface area contributed by atoms with Gasteiger partial charge in [0.25, 0.3) is 5.91 Å². The molecule has 1 saturated heterocycles. The summed E-state index contributed by atoms with van der Waals surface area (Å²) in [6, 6.07) is 8.85. The van der Waals surface area contributed by atoms with Crippen LogP contribution in [0.25, 0.3) is 0 Å². The van der Waals surface area contributed by atoms with Crippen molar-refractivity contribution in [2.24, 2.45) is 0 Å². The molecule has 1 aromatic heterocycles. The second-order valence-corrected chi connectivity index (χ2v) is 6.59. The number of benzene rings is 1. The van der Waals surface area contributed by atoms with Crippen LogP contribution in [0.1, 0.15) is 28.8 Å². The number of nitrogens with zero attached hydrogens (tertiary/aromatic N) is 1. The number of ether oxygens (including phenoxy) is 2. The maximum Gasteiger partial charge on any atom is 0.253 e. The van der Waals surface area contributed by atoms with E-state index in [1.807, 2.05) is 12.1 Å². The second kappa shape index (κ2) is 8.52. The van der Waals surface area contributed by atoms with E-state index in [4.69, 9.17) is 32.7 Å². The number of rotatable bonds is 5. The van der Waals surface area contributed by atoms with Crippen LogP contribution in [-0.2, 0) is 11.3 Å². The van der Waals surface area contributed by atoms with Gasteiger partial charge in [-0.05, 0) is 23.8 Å². The Bertz CT molecular complexity index is 732. The van der Waals surface area contributed by atoms with Crippen LogP contribution >= 0.6 is 23.2 Å². The number of hydrogen-bond donors (Lipinski definition) is 1. The van der Waals surface area contributed by atoms with Gasteiger partial charge in [0.1, 0.15) is 11.1 Å². The Labute approximate surface area is 156 Å². The third-order valence-electron chi connectivity index (χ3n) is 3.88. The van der Waals surface area contributed by atoms with Gasteiger partial charge in [-0.3, -0.25) is 4.79 Å². The molecule has 0 saturated carbocycles. The fourth-order valence-electron chi connectivity index (χ4n) is 2.47. The summed E-state index contributed by atoms with van der Waals surface area (Å²) in [6.45, 7) is 1.74. The molecular formula is C18H18Cl2N2O3. The highest BCUT2D eigenvalue weighted by atomic mass is 35.5. The van der Waals surface area contributed by atoms with Crippen molar-refractivity contribution < 1.29 is 14.3 Å². The average Bonchev–Trinajstić information content (AvgIpc) is 2.63. The van der Waals surface area contributed by atoms with Crippen molar-refractivity contribution in [3.63, 3.8) is 0 Å². The highest BCUT2D eigenvalue weighted by Gasteiger charge is 2.18. The first-order valence-electron chi connectivity index (χ1n) is 8.04. The van der Waals surface area contributed by atoms with Crippen molar-refractivity contribution in [3.05, 3.63) is 57.7 Å². The van der Waals surface area contributed by atoms with Crippen LogP contribution in [0.5, 0.6) is 5.88 Å². The third kappa shape index (κ3) is 5.08. The lowest BCUT2D eigenvalue weighted by Gasteiger charge is -2.23. The van der Waals surface area contributed by atoms with Crippen LogP contribution in [0.3, 0.4) is 0 Å². The van der Waals surface area contributed by atoms with E-state index in [2.05, 4.69) is 10.3 Å². The van der Waals surface area contributed by atoms with Gasteiger partial charge in [-0.15, -0.1) is 0 Å². The number of carbonyl (C=O) groups is 1. The van der Waals surface area contributed by atoms with E-state index in [0.717, 1.165) is 18.4 Å². The van der Waals surface area contributed by atoms with Gasteiger partial charge in [-0.25, -0.2) is 4.98 Å². The smallest absolute Gasteiger partial charge is 0.253 e. The molecule has 2 heterocycles. The predicted molar refractivity (Wildman–Crippen MR) is 96.3 cm³/mol. The van der Waals surface area contributed by atoms with E-state index in [-0.39, 0.29) is 12.0 Å². The molecule has 0 radical (unpaired) electrons. The van der Waals surface area contributed by atoms with Crippen LogP contribution in [0, 0.1) is 0 Å². The van der Waals surface area contributed by atoms with Crippen LogP contribution < -0.4 is 10.1 Å². The Morgan fingerprint density at radius 3 is 2.64 bits per heavy atom. The molecule has 1 aromatic carbocycles. The Morgan fingerprint density at radius 1 is 1.24 bits per heavy atom. The van der Waals surface area contributed by atoms with Gasteiger partial charge >= 0.3 is 0 Å². The van der Waals surface area contributed by atoms with Crippen molar-refractivity contribution >= 4 is 29.1 Å². The van der Waals surface area contributed by atoms with E-state index in [1.165, 1.54) is 6.20 Å². The first-order chi connectivity index (χ1) is 12.1. The summed E-state index contributed by atoms with van der Waals surface area (Å²) in [5, 5.41) is 3.81. The number of hydrogen-bond acceptors (Lipinski definition) is 4. The van der Waals surface area contributed by atoms with Gasteiger partial charge in [-0.2, -0.15) is 0 Å². The van der Waals surface area contributed by atoms with E-state index < -0.39 is 0 Å². The van der Waals surface area contributed by atoms with Crippen molar-refractivity contribution in [1.82, 2.24) is 10.3 Å². The fraction of sp³-hybridized carbons (Fsp3) is 0.333. The minimum absolute atomic E-state index is 0.0448. The van der Waals surface area contributed by atoms with Crippen LogP contribution in [0.15, 0.2) is 36.5 Å². The summed E-state index contributed by atoms with van der Waals surface area (Å²) in [5.41, 5.74) is 1.34. The summed E-state index contributed by atoms with van der Waals surface area (Å²) in [6.07, 6.45) is 3.13. The SMILES string of the molecule is O=C(NCc1ccc(Cl)cc1)c1cnc(OC2CCOCC2)c(Cl)c1. The second-order valence-electron chi connectivity index (χ2n) is 5.75. The molecule has 1 fully saturated rings. The van der Waals surface area contributed by atoms with E-state index in [9.17, 15) is 4.79 Å². The van der Waals surface area contributed by atoms with Gasteiger partial charge in [0.05, 0.1) is 18.8 Å². The summed E-state index contributed by atoms with van der Waals surface area (Å²) >= 11 is 12.1. The summed E-state index contributed by atoms with van der Waals surface area (Å²) in [5.74, 6) is 0.102. The summed E-state index contributed by atoms with van der Waals surface area (Å²) < 4.78 is 11.1. The van der Waals surface area contributed by atoms with Gasteiger partial charge in [0.15, 0.2) is 0 Å². The number of pyridine rings is 1. The first-order valence-corrected chi connectivity index (χ1v) is 8.80. The molecule has 1 amide bonds. The Balaban J connectivity index is 1.59. The molecule has 0 aliphatic carbocycles. The molecule has 0 unspecified atom stereocenters. The van der Waals surface area contributed by atoms with Crippen molar-refractivity contribution in [2.75, 3.05) is 13.2 Å². The molecule has 0 bridgehead atoms. The molecule has 25 heavy (non-hydrogen) atoms. The molecule has 1 N–H and O–H groups in total. The number of halogens is 2. The summed E-state index contributed by atoms with van der Waals surface area (Å²) in [4.78, 5) is 16.4. The van der Waals surface area contributed by atoms with Crippen molar-refractivity contribution in [1.29, 1.82) is 0 Å². The van der Waals surface area contributed by atoms with Gasteiger partial charge in [0.2, 0.25) is 5.88 Å². The third-order valence-corrected chi connectivity index (χ3v) is 4.41. The number of aromatic nitrogens is 1. The predicted octanol–water partition coefficient (Wildman–Crippen LogP) is 3.88. The minimum Gasteiger partial charge on any atom is -0.473 e. The Morgan fingerprint density at radius 2 is 1.96 bits per heavy atom. The number of carbonyl (C=O) groups excluding carboxylic acids is 1. The van der Waals surface area contributed by atoms with E-state index in [1.54, 1.807) is 18.2 Å². The first kappa shape index (κ1) is 18.0. The normalized spacial score (nSPS) is 15.0. The maximum absolute atomic E-state index is 12.2. The minimum atomic E-state index is -0.248. The standard InChI is InChI=1S/C18H18Cl2N2O3/c19-14-3-1-12(2-4-14)10-21-17(23)13-9-16(20)18(22-11-13)25-15-5-7-24-8-6-15/h1-4,9,11,15H,5-8,10H2,(H,21,23). The van der Waals surface area contributed by atoms with Crippen LogP contribution in [-0.4, -0.2) is 30.2 Å². The molecule has 0 atom stereocenters. The van der Waals surface area contributed by atoms with Crippen molar-refractivity contribution in [2.45, 2.75) is 25.5 Å². The zero-order chi connectivity index (χ0) is 17.6. The Kier molecular flexibility index (Phi) is 6.13. The van der Waals surface area contributed by atoms with Crippen LogP contribution in [0.2, 0.25) is 10.0 Å². The number of amides is 1. The molecule has 2 aromatic rings. The van der Waals surface area contributed by atoms with Gasteiger partial charge in [0, 0.05) is 30.6 Å². The average molecular weight is 381 g/mol. The molecular weight excluding hydrogens is 363 g/mol. The zero-order valence-electron chi connectivity index (χ0n) is 13.5. The lowest BCUT2D eigenvalue weighted by Crippen LogP contribution is -2.26. The molecule has 1 aliphatic rings. The summed E-state index contributed by atoms with van der Waals surface area (Å²) in [7, 11) is 0. The topological polar surface area (TPSA) is 60.5 Å². The lowest BCUT2D eigenvalue weighted by molar-refractivity contribution is 0.0238. The van der Waals surface area contributed by atoms with Crippen molar-refractivity contribution in [3.8, 4) is 5.88 Å². The molecule has 1 aliphatic heterocycles. The monoisotopic (exact) mass is 380 g/mol. The lowest BCUT2D eigenvalue weighted by atomic mass is 10.1. The molecule has 3 rings (SSSR count). The van der Waals surface area contributed by atoms with Gasteiger partial charge in [-0.1, -0.05) is 35.3 Å². The highest BCUT2D eigenvalue weighted by molar-refractivity contribution is 6.32. The quantitative estimate of drug-likeness (QED) is 0.854. The maximum atomic E-state index is 12.2. The van der Waals surface area contributed by atoms with E-state index in [0.29, 0.717) is 41.2 Å². The zero-order valence-corrected chi connectivity index (χ0v) is 15.0. The van der Waals surface area contributed by atoms with Crippen LogP contribution in [0.4, 0.5) is 0 Å². The molecule has 5 nitrogen and oxygen atoms in total. The number of nitrogens with one attached hydrogen (secondary N) is 1. The fourth-order valence-corrected chi connectivity index (χ4v) is 2.81. The molecule has 132 valence electrons. The highest BCUT2D eigenvalue weighted by Crippen LogP contribution is 2.25. The largest absolute Gasteiger partial charge is 0.473 e. The van der Waals surface area contributed by atoms with Gasteiger partial charge < -0.3 is 14.8 Å². The molecule has 0 spiro atoms. The van der Waals surface area contributed by atoms with E-state index >= 15 is 0 Å². The molecule has 7 heteroatoms. The Hall–Kier alpha value is -1.82.